The number of hydrogen-bond acceptors (Lipinski definition) is 12. The lowest BCUT2D eigenvalue weighted by atomic mass is 9.78. The average Bonchev–Trinajstić information content (AvgIpc) is 2.96. The van der Waals surface area contributed by atoms with Crippen LogP contribution in [0.5, 0.6) is 5.75 Å². The van der Waals surface area contributed by atoms with Crippen LogP contribution in [-0.2, 0) is 39.7 Å². The normalized spacial score (nSPS) is 35.7. The maximum Gasteiger partial charge on any atom is 0.337 e. The van der Waals surface area contributed by atoms with Gasteiger partial charge in [-0.25, -0.2) is 4.79 Å². The number of ether oxygens (including phenoxy) is 5. The van der Waals surface area contributed by atoms with E-state index in [0.717, 1.165) is 5.56 Å². The molecule has 0 aliphatic carbocycles. The molecule has 0 radical (unpaired) electrons. The number of methoxy groups -OCH3 is 1. The standard InChI is InChI=1S/C29H38O12/c1-3-20-21(12-19-11-17(32)10-18(39-19)9-6-15-4-7-16(31)8-5-15)22(27(36)37-2)14-38-28(20)41-29-26(35)25(34)24(33)23(13-30)40-29/h3-5,7-8,14,18-21,23-26,28-31,33-35H,1,6,9-13H2,2H3/t18-,19-,20+,21+,23-,24-,25+,26-,28+,29+/m0/s1. The van der Waals surface area contributed by atoms with E-state index in [2.05, 4.69) is 6.58 Å². The quantitative estimate of drug-likeness (QED) is 0.192. The van der Waals surface area contributed by atoms with Crippen LogP contribution in [0.3, 0.4) is 0 Å². The van der Waals surface area contributed by atoms with Crippen LogP contribution >= 0.6 is 0 Å². The number of aliphatic hydroxyl groups is 4. The van der Waals surface area contributed by atoms with Crippen molar-refractivity contribution in [2.45, 2.75) is 81.3 Å². The van der Waals surface area contributed by atoms with Crippen LogP contribution in [0.15, 0.2) is 48.8 Å². The molecule has 1 aromatic carbocycles. The van der Waals surface area contributed by atoms with E-state index in [1.165, 1.54) is 19.4 Å². The maximum atomic E-state index is 12.7. The first-order valence-electron chi connectivity index (χ1n) is 13.6. The van der Waals surface area contributed by atoms with Gasteiger partial charge in [-0.15, -0.1) is 6.58 Å². The molecule has 2 saturated heterocycles. The molecule has 2 fully saturated rings. The zero-order chi connectivity index (χ0) is 29.7. The molecule has 5 N–H and O–H groups in total. The molecule has 0 unspecified atom stereocenters. The number of benzene rings is 1. The fourth-order valence-electron chi connectivity index (χ4n) is 5.57. The molecule has 226 valence electrons. The molecule has 1 aromatic rings. The number of Topliss-reactive ketones (excluding diaryl/α,β-unsaturated/α-hetero) is 1. The van der Waals surface area contributed by atoms with Gasteiger partial charge in [0, 0.05) is 24.7 Å². The summed E-state index contributed by atoms with van der Waals surface area (Å²) in [7, 11) is 1.24. The zero-order valence-corrected chi connectivity index (χ0v) is 22.8. The second-order valence-electron chi connectivity index (χ2n) is 10.6. The van der Waals surface area contributed by atoms with Crippen LogP contribution in [0.4, 0.5) is 0 Å². The topological polar surface area (TPSA) is 181 Å². The van der Waals surface area contributed by atoms with Gasteiger partial charge >= 0.3 is 5.97 Å². The number of ketones is 1. The van der Waals surface area contributed by atoms with Crippen LogP contribution in [0.25, 0.3) is 0 Å². The predicted molar refractivity (Wildman–Crippen MR) is 141 cm³/mol. The van der Waals surface area contributed by atoms with Crippen LogP contribution < -0.4 is 0 Å². The van der Waals surface area contributed by atoms with Gasteiger partial charge in [0.15, 0.2) is 6.29 Å². The number of rotatable bonds is 10. The molecule has 0 bridgehead atoms. The van der Waals surface area contributed by atoms with E-state index < -0.39 is 67.5 Å². The Hall–Kier alpha value is -2.84. The fourth-order valence-corrected chi connectivity index (χ4v) is 5.57. The SMILES string of the molecule is C=C[C@H]1[C@@H](O[C@H]2O[C@@H](CO)[C@H](O)[C@@H](O)[C@@H]2O)OC=C(C(=O)OC)[C@@H]1C[C@@H]1CC(=O)C[C@H](CCc2ccc(O)cc2)O1. The number of aliphatic hydroxyl groups excluding tert-OH is 4. The third kappa shape index (κ3) is 7.33. The molecule has 41 heavy (non-hydrogen) atoms. The highest BCUT2D eigenvalue weighted by Crippen LogP contribution is 2.39. The van der Waals surface area contributed by atoms with Gasteiger partial charge in [0.05, 0.1) is 37.8 Å². The number of aromatic hydroxyl groups is 1. The molecule has 0 amide bonds. The van der Waals surface area contributed by atoms with Gasteiger partial charge in [-0.1, -0.05) is 18.2 Å². The number of hydrogen-bond donors (Lipinski definition) is 5. The van der Waals surface area contributed by atoms with Gasteiger partial charge in [0.2, 0.25) is 6.29 Å². The highest BCUT2D eigenvalue weighted by atomic mass is 16.8. The van der Waals surface area contributed by atoms with E-state index in [0.29, 0.717) is 12.8 Å². The summed E-state index contributed by atoms with van der Waals surface area (Å²) in [6, 6.07) is 6.85. The van der Waals surface area contributed by atoms with Gasteiger partial charge in [-0.2, -0.15) is 0 Å². The maximum absolute atomic E-state index is 12.7. The Morgan fingerprint density at radius 2 is 1.76 bits per heavy atom. The molecular formula is C29H38O12. The summed E-state index contributed by atoms with van der Waals surface area (Å²) in [6.45, 7) is 3.24. The monoisotopic (exact) mass is 578 g/mol. The summed E-state index contributed by atoms with van der Waals surface area (Å²) < 4.78 is 28.2. The molecule has 0 spiro atoms. The van der Waals surface area contributed by atoms with Crippen molar-refractivity contribution in [1.82, 2.24) is 0 Å². The molecule has 4 rings (SSSR count). The van der Waals surface area contributed by atoms with Crippen molar-refractivity contribution in [3.8, 4) is 5.75 Å². The Morgan fingerprint density at radius 3 is 2.41 bits per heavy atom. The average molecular weight is 579 g/mol. The second-order valence-corrected chi connectivity index (χ2v) is 10.6. The van der Waals surface area contributed by atoms with Crippen molar-refractivity contribution >= 4 is 11.8 Å². The van der Waals surface area contributed by atoms with Gasteiger partial charge in [-0.05, 0) is 37.0 Å². The smallest absolute Gasteiger partial charge is 0.337 e. The minimum absolute atomic E-state index is 0.0388. The number of carbonyl (C=O) groups excluding carboxylic acids is 2. The molecule has 12 nitrogen and oxygen atoms in total. The van der Waals surface area contributed by atoms with Gasteiger partial charge in [-0.3, -0.25) is 4.79 Å². The van der Waals surface area contributed by atoms with Gasteiger partial charge in [0.25, 0.3) is 0 Å². The van der Waals surface area contributed by atoms with Crippen molar-refractivity contribution in [2.75, 3.05) is 13.7 Å². The number of esters is 1. The molecule has 3 aliphatic rings. The largest absolute Gasteiger partial charge is 0.508 e. The molecule has 0 saturated carbocycles. The lowest BCUT2D eigenvalue weighted by Gasteiger charge is -2.43. The van der Waals surface area contributed by atoms with E-state index in [1.807, 2.05) is 12.1 Å². The third-order valence-corrected chi connectivity index (χ3v) is 7.82. The number of carbonyl (C=O) groups is 2. The highest BCUT2D eigenvalue weighted by Gasteiger charge is 2.48. The van der Waals surface area contributed by atoms with E-state index in [1.54, 1.807) is 12.1 Å². The van der Waals surface area contributed by atoms with Crippen molar-refractivity contribution in [2.24, 2.45) is 11.8 Å². The minimum Gasteiger partial charge on any atom is -0.508 e. The molecule has 3 heterocycles. The van der Waals surface area contributed by atoms with Gasteiger partial charge in [0.1, 0.15) is 35.9 Å². The molecule has 0 aromatic heterocycles. The summed E-state index contributed by atoms with van der Waals surface area (Å²) in [5.41, 5.74) is 1.19. The summed E-state index contributed by atoms with van der Waals surface area (Å²) in [6.07, 6.45) is -4.88. The Morgan fingerprint density at radius 1 is 1.05 bits per heavy atom. The van der Waals surface area contributed by atoms with Crippen molar-refractivity contribution in [3.05, 3.63) is 54.3 Å². The van der Waals surface area contributed by atoms with Crippen LogP contribution in [0.2, 0.25) is 0 Å². The Bertz CT molecular complexity index is 1090. The lowest BCUT2D eigenvalue weighted by molar-refractivity contribution is -0.339. The Balaban J connectivity index is 1.48. The molecule has 3 aliphatic heterocycles. The minimum atomic E-state index is -1.65. The van der Waals surface area contributed by atoms with Crippen molar-refractivity contribution < 1.29 is 58.8 Å². The number of phenolic OH excluding ortho intramolecular Hbond substituents is 1. The third-order valence-electron chi connectivity index (χ3n) is 7.82. The fraction of sp³-hybridized carbons (Fsp3) is 0.586. The van der Waals surface area contributed by atoms with Crippen molar-refractivity contribution in [3.63, 3.8) is 0 Å². The molecular weight excluding hydrogens is 540 g/mol. The first-order chi connectivity index (χ1) is 19.6. The summed E-state index contributed by atoms with van der Waals surface area (Å²) in [4.78, 5) is 25.4. The highest BCUT2D eigenvalue weighted by molar-refractivity contribution is 5.89. The second kappa shape index (κ2) is 13.9. The Kier molecular flexibility index (Phi) is 10.5. The first kappa shape index (κ1) is 31.1. The molecule has 12 heteroatoms. The summed E-state index contributed by atoms with van der Waals surface area (Å²) >= 11 is 0. The number of aryl methyl sites for hydroxylation is 1. The van der Waals surface area contributed by atoms with Crippen LogP contribution in [0, 0.1) is 11.8 Å². The van der Waals surface area contributed by atoms with E-state index in [9.17, 15) is 35.1 Å². The summed E-state index contributed by atoms with van der Waals surface area (Å²) in [5, 5.41) is 49.7. The van der Waals surface area contributed by atoms with E-state index >= 15 is 0 Å². The van der Waals surface area contributed by atoms with E-state index in [-0.39, 0.29) is 42.5 Å². The van der Waals surface area contributed by atoms with E-state index in [4.69, 9.17) is 23.7 Å². The Labute approximate surface area is 237 Å². The number of phenols is 1. The van der Waals surface area contributed by atoms with Crippen molar-refractivity contribution in [1.29, 1.82) is 0 Å². The predicted octanol–water partition coefficient (Wildman–Crippen LogP) is 0.480. The molecule has 10 atom stereocenters. The van der Waals surface area contributed by atoms with Crippen LogP contribution in [-0.4, -0.2) is 100 Å². The van der Waals surface area contributed by atoms with Gasteiger partial charge < -0.3 is 49.2 Å². The lowest BCUT2D eigenvalue weighted by Crippen LogP contribution is -2.60. The summed E-state index contributed by atoms with van der Waals surface area (Å²) in [5.74, 6) is -1.74. The van der Waals surface area contributed by atoms with Crippen LogP contribution in [0.1, 0.15) is 31.2 Å². The first-order valence-corrected chi connectivity index (χ1v) is 13.6. The zero-order valence-electron chi connectivity index (χ0n) is 22.8.